The van der Waals surface area contributed by atoms with E-state index in [0.717, 1.165) is 11.3 Å². The van der Waals surface area contributed by atoms with Crippen LogP contribution in [0.5, 0.6) is 11.5 Å². The predicted molar refractivity (Wildman–Crippen MR) is 78.4 cm³/mol. The number of hydrogen-bond acceptors (Lipinski definition) is 3. The summed E-state index contributed by atoms with van der Waals surface area (Å²) in [6.45, 7) is 0.420. The molecular weight excluding hydrogens is 285 g/mol. The molecule has 0 aromatic heterocycles. The third-order valence-electron chi connectivity index (χ3n) is 2.72. The van der Waals surface area contributed by atoms with Crippen molar-refractivity contribution < 1.29 is 9.84 Å². The Bertz CT molecular complexity index is 588. The molecule has 2 aromatic carbocycles. The minimum atomic E-state index is 0.121. The van der Waals surface area contributed by atoms with Crippen LogP contribution in [0.4, 0.5) is 5.69 Å². The molecule has 0 aliphatic rings. The van der Waals surface area contributed by atoms with Crippen molar-refractivity contribution in [3.63, 3.8) is 0 Å². The van der Waals surface area contributed by atoms with Gasteiger partial charge in [-0.15, -0.1) is 0 Å². The minimum Gasteiger partial charge on any atom is -0.504 e. The van der Waals surface area contributed by atoms with Crippen LogP contribution in [0.1, 0.15) is 5.56 Å². The van der Waals surface area contributed by atoms with Crippen LogP contribution in [-0.4, -0.2) is 12.2 Å². The van der Waals surface area contributed by atoms with Crippen molar-refractivity contribution in [2.24, 2.45) is 0 Å². The van der Waals surface area contributed by atoms with Gasteiger partial charge in [0.05, 0.1) is 22.8 Å². The Morgan fingerprint density at radius 1 is 1.16 bits per heavy atom. The molecule has 19 heavy (non-hydrogen) atoms. The lowest BCUT2D eigenvalue weighted by atomic mass is 10.2. The molecule has 100 valence electrons. The van der Waals surface area contributed by atoms with Crippen molar-refractivity contribution in [1.29, 1.82) is 0 Å². The molecule has 0 atom stereocenters. The van der Waals surface area contributed by atoms with Crippen LogP contribution in [0, 0.1) is 0 Å². The number of hydrogen-bond donors (Lipinski definition) is 2. The number of halogens is 2. The molecule has 0 bridgehead atoms. The molecule has 0 aliphatic heterocycles. The van der Waals surface area contributed by atoms with Gasteiger partial charge in [-0.25, -0.2) is 0 Å². The van der Waals surface area contributed by atoms with E-state index >= 15 is 0 Å². The van der Waals surface area contributed by atoms with Crippen LogP contribution in [0.15, 0.2) is 36.4 Å². The summed E-state index contributed by atoms with van der Waals surface area (Å²) in [5, 5.41) is 14.0. The lowest BCUT2D eigenvalue weighted by molar-refractivity contribution is 0.371. The highest BCUT2D eigenvalue weighted by molar-refractivity contribution is 6.43. The lowest BCUT2D eigenvalue weighted by Crippen LogP contribution is -2.01. The van der Waals surface area contributed by atoms with E-state index in [0.29, 0.717) is 22.3 Å². The van der Waals surface area contributed by atoms with Crippen LogP contribution in [0.25, 0.3) is 0 Å². The van der Waals surface area contributed by atoms with Gasteiger partial charge in [0.1, 0.15) is 0 Å². The van der Waals surface area contributed by atoms with E-state index in [1.807, 2.05) is 24.3 Å². The molecule has 0 spiro atoms. The number of phenolic OH excluding ortho intramolecular Hbond substituents is 1. The van der Waals surface area contributed by atoms with Crippen LogP contribution < -0.4 is 10.1 Å². The molecule has 0 aliphatic carbocycles. The van der Waals surface area contributed by atoms with Gasteiger partial charge in [-0.05, 0) is 18.2 Å². The Balaban J connectivity index is 2.17. The molecule has 0 fully saturated rings. The van der Waals surface area contributed by atoms with Gasteiger partial charge in [0, 0.05) is 12.1 Å². The largest absolute Gasteiger partial charge is 0.504 e. The van der Waals surface area contributed by atoms with Gasteiger partial charge in [0.25, 0.3) is 0 Å². The molecule has 0 unspecified atom stereocenters. The van der Waals surface area contributed by atoms with Crippen LogP contribution in [-0.2, 0) is 6.54 Å². The first kappa shape index (κ1) is 13.8. The Hall–Kier alpha value is -1.58. The summed E-state index contributed by atoms with van der Waals surface area (Å²) < 4.78 is 5.06. The van der Waals surface area contributed by atoms with Gasteiger partial charge in [-0.1, -0.05) is 41.4 Å². The molecule has 2 rings (SSSR count). The average Bonchev–Trinajstić information content (AvgIpc) is 2.42. The molecule has 5 heteroatoms. The molecule has 0 saturated carbocycles. The summed E-state index contributed by atoms with van der Waals surface area (Å²) in [7, 11) is 1.51. The van der Waals surface area contributed by atoms with Crippen molar-refractivity contribution >= 4 is 28.9 Å². The fraction of sp³-hybridized carbons (Fsp3) is 0.143. The number of nitrogens with one attached hydrogen (secondary N) is 1. The number of ether oxygens (including phenoxy) is 1. The molecule has 3 nitrogen and oxygen atoms in total. The minimum absolute atomic E-state index is 0.121. The highest BCUT2D eigenvalue weighted by Gasteiger charge is 2.08. The van der Waals surface area contributed by atoms with E-state index in [-0.39, 0.29) is 5.75 Å². The van der Waals surface area contributed by atoms with E-state index in [1.54, 1.807) is 12.1 Å². The molecule has 0 heterocycles. The summed E-state index contributed by atoms with van der Waals surface area (Å²) in [5.74, 6) is 0.562. The lowest BCUT2D eigenvalue weighted by Gasteiger charge is -2.12. The smallest absolute Gasteiger partial charge is 0.162 e. The molecule has 2 N–H and O–H groups in total. The molecule has 0 radical (unpaired) electrons. The monoisotopic (exact) mass is 297 g/mol. The second kappa shape index (κ2) is 6.04. The zero-order valence-electron chi connectivity index (χ0n) is 10.3. The average molecular weight is 298 g/mol. The van der Waals surface area contributed by atoms with Crippen LogP contribution in [0.3, 0.4) is 0 Å². The van der Waals surface area contributed by atoms with Crippen molar-refractivity contribution in [3.8, 4) is 11.5 Å². The number of phenols is 1. The van der Waals surface area contributed by atoms with Crippen LogP contribution >= 0.6 is 23.2 Å². The summed E-state index contributed by atoms with van der Waals surface area (Å²) in [6.07, 6.45) is 0. The van der Waals surface area contributed by atoms with Gasteiger partial charge in [-0.2, -0.15) is 0 Å². The first-order valence-electron chi connectivity index (χ1n) is 5.66. The molecule has 0 amide bonds. The first-order valence-corrected chi connectivity index (χ1v) is 6.42. The van der Waals surface area contributed by atoms with Crippen LogP contribution in [0.2, 0.25) is 10.0 Å². The van der Waals surface area contributed by atoms with E-state index in [1.165, 1.54) is 7.11 Å². The first-order chi connectivity index (χ1) is 9.13. The van der Waals surface area contributed by atoms with E-state index in [9.17, 15) is 5.11 Å². The van der Waals surface area contributed by atoms with Gasteiger partial charge >= 0.3 is 0 Å². The fourth-order valence-electron chi connectivity index (χ4n) is 1.71. The number of rotatable bonds is 4. The third-order valence-corrected chi connectivity index (χ3v) is 3.54. The number of benzene rings is 2. The number of methoxy groups -OCH3 is 1. The zero-order chi connectivity index (χ0) is 13.8. The molecular formula is C14H13Cl2NO2. The summed E-state index contributed by atoms with van der Waals surface area (Å²) in [5.41, 5.74) is 1.44. The topological polar surface area (TPSA) is 41.5 Å². The van der Waals surface area contributed by atoms with Gasteiger partial charge in [0.2, 0.25) is 0 Å². The standard InChI is InChI=1S/C14H13Cl2NO2/c1-19-12-7-2-4-9(14(12)18)8-17-11-6-3-5-10(15)13(11)16/h2-7,17-18H,8H2,1H3. The fourth-order valence-corrected chi connectivity index (χ4v) is 2.07. The van der Waals surface area contributed by atoms with Crippen molar-refractivity contribution in [3.05, 3.63) is 52.0 Å². The maximum absolute atomic E-state index is 9.97. The highest BCUT2D eigenvalue weighted by atomic mass is 35.5. The Labute approximate surface area is 121 Å². The van der Waals surface area contributed by atoms with Crippen molar-refractivity contribution in [2.45, 2.75) is 6.54 Å². The number of aromatic hydroxyl groups is 1. The second-order valence-electron chi connectivity index (χ2n) is 3.92. The Kier molecular flexibility index (Phi) is 4.40. The number of para-hydroxylation sites is 1. The van der Waals surface area contributed by atoms with Crippen molar-refractivity contribution in [1.82, 2.24) is 0 Å². The Morgan fingerprint density at radius 2 is 1.89 bits per heavy atom. The third kappa shape index (κ3) is 3.06. The SMILES string of the molecule is COc1cccc(CNc2cccc(Cl)c2Cl)c1O. The maximum atomic E-state index is 9.97. The summed E-state index contributed by atoms with van der Waals surface area (Å²) >= 11 is 12.0. The summed E-state index contributed by atoms with van der Waals surface area (Å²) in [6, 6.07) is 10.7. The van der Waals surface area contributed by atoms with E-state index in [2.05, 4.69) is 5.32 Å². The van der Waals surface area contributed by atoms with E-state index in [4.69, 9.17) is 27.9 Å². The zero-order valence-corrected chi connectivity index (χ0v) is 11.8. The second-order valence-corrected chi connectivity index (χ2v) is 4.71. The maximum Gasteiger partial charge on any atom is 0.162 e. The van der Waals surface area contributed by atoms with Gasteiger partial charge in [0.15, 0.2) is 11.5 Å². The van der Waals surface area contributed by atoms with Gasteiger partial charge < -0.3 is 15.2 Å². The normalized spacial score (nSPS) is 10.3. The predicted octanol–water partition coefficient (Wildman–Crippen LogP) is 4.32. The van der Waals surface area contributed by atoms with Crippen molar-refractivity contribution in [2.75, 3.05) is 12.4 Å². The van der Waals surface area contributed by atoms with E-state index < -0.39 is 0 Å². The summed E-state index contributed by atoms with van der Waals surface area (Å²) in [4.78, 5) is 0. The van der Waals surface area contributed by atoms with Gasteiger partial charge in [-0.3, -0.25) is 0 Å². The highest BCUT2D eigenvalue weighted by Crippen LogP contribution is 2.32. The molecule has 0 saturated heterocycles. The Morgan fingerprint density at radius 3 is 2.63 bits per heavy atom. The number of anilines is 1. The quantitative estimate of drug-likeness (QED) is 0.883. The molecule has 2 aromatic rings.